The lowest BCUT2D eigenvalue weighted by atomic mass is 9.66. The minimum Gasteiger partial charge on any atom is -0.390 e. The smallest absolute Gasteiger partial charge is 0.0824 e. The van der Waals surface area contributed by atoms with Crippen LogP contribution in [0.1, 0.15) is 38.2 Å². The molecule has 0 spiro atoms. The highest BCUT2D eigenvalue weighted by Gasteiger charge is 2.40. The molecule has 0 saturated heterocycles. The zero-order valence-electron chi connectivity index (χ0n) is 11.8. The number of hydrogen-bond acceptors (Lipinski definition) is 2. The van der Waals surface area contributed by atoms with E-state index in [1.807, 2.05) is 19.1 Å². The van der Waals surface area contributed by atoms with Crippen LogP contribution in [-0.2, 0) is 5.41 Å². The van der Waals surface area contributed by atoms with Crippen molar-refractivity contribution in [3.63, 3.8) is 0 Å². The van der Waals surface area contributed by atoms with Gasteiger partial charge in [0.05, 0.1) is 17.1 Å². The lowest BCUT2D eigenvalue weighted by Gasteiger charge is -2.38. The largest absolute Gasteiger partial charge is 0.390 e. The minimum absolute atomic E-state index is 0.438. The van der Waals surface area contributed by atoms with Gasteiger partial charge in [-0.1, -0.05) is 36.4 Å². The lowest BCUT2D eigenvalue weighted by Crippen LogP contribution is -2.38. The topological polar surface area (TPSA) is 44.0 Å². The van der Waals surface area contributed by atoms with Gasteiger partial charge in [-0.2, -0.15) is 5.26 Å². The van der Waals surface area contributed by atoms with Crippen LogP contribution in [0.5, 0.6) is 0 Å². The number of rotatable bonds is 1. The molecule has 0 radical (unpaired) electrons. The first-order valence-corrected chi connectivity index (χ1v) is 7.18. The Morgan fingerprint density at radius 1 is 1.00 bits per heavy atom. The second kappa shape index (κ2) is 4.61. The van der Waals surface area contributed by atoms with E-state index in [9.17, 15) is 10.4 Å². The molecule has 0 aliphatic heterocycles. The summed E-state index contributed by atoms with van der Waals surface area (Å²) in [7, 11) is 0. The summed E-state index contributed by atoms with van der Waals surface area (Å²) >= 11 is 0. The Morgan fingerprint density at radius 3 is 2.30 bits per heavy atom. The number of fused-ring (bicyclic) bond motifs is 1. The molecule has 102 valence electrons. The Bertz CT molecular complexity index is 671. The fourth-order valence-corrected chi connectivity index (χ4v) is 3.17. The van der Waals surface area contributed by atoms with Crippen molar-refractivity contribution in [1.82, 2.24) is 0 Å². The zero-order chi connectivity index (χ0) is 14.2. The standard InChI is InChI=1S/C18H19NO/c1-17(20)8-10-18(13-19,11-9-17)16-7-6-14-4-2-3-5-15(14)12-16/h2-7,12,20H,8-11H2,1H3/t17-,18-. The molecule has 0 bridgehead atoms. The summed E-state index contributed by atoms with van der Waals surface area (Å²) in [6, 6.07) is 17.1. The SMILES string of the molecule is C[C@]1(O)CC[C@](C#N)(c2ccc3ccccc3c2)CC1. The van der Waals surface area contributed by atoms with Crippen molar-refractivity contribution in [2.75, 3.05) is 0 Å². The highest BCUT2D eigenvalue weighted by Crippen LogP contribution is 2.43. The van der Waals surface area contributed by atoms with Crippen LogP contribution < -0.4 is 0 Å². The monoisotopic (exact) mass is 265 g/mol. The van der Waals surface area contributed by atoms with Crippen molar-refractivity contribution >= 4 is 10.8 Å². The first-order valence-electron chi connectivity index (χ1n) is 7.18. The minimum atomic E-state index is -0.614. The predicted molar refractivity (Wildman–Crippen MR) is 80.3 cm³/mol. The Balaban J connectivity index is 2.02. The fraction of sp³-hybridized carbons (Fsp3) is 0.389. The zero-order valence-corrected chi connectivity index (χ0v) is 11.8. The number of nitrogens with zero attached hydrogens (tertiary/aromatic N) is 1. The Kier molecular flexibility index (Phi) is 3.03. The van der Waals surface area contributed by atoms with E-state index in [0.29, 0.717) is 12.8 Å². The van der Waals surface area contributed by atoms with Gasteiger partial charge in [-0.15, -0.1) is 0 Å². The number of nitriles is 1. The molecule has 0 aromatic heterocycles. The van der Waals surface area contributed by atoms with Crippen molar-refractivity contribution < 1.29 is 5.11 Å². The van der Waals surface area contributed by atoms with Crippen LogP contribution in [0, 0.1) is 11.3 Å². The Labute approximate surface area is 119 Å². The quantitative estimate of drug-likeness (QED) is 0.849. The highest BCUT2D eigenvalue weighted by molar-refractivity contribution is 5.83. The van der Waals surface area contributed by atoms with Crippen LogP contribution in [-0.4, -0.2) is 10.7 Å². The summed E-state index contributed by atoms with van der Waals surface area (Å²) in [6.07, 6.45) is 2.84. The van der Waals surface area contributed by atoms with E-state index < -0.39 is 11.0 Å². The molecule has 1 aliphatic carbocycles. The van der Waals surface area contributed by atoms with Crippen LogP contribution in [0.15, 0.2) is 42.5 Å². The summed E-state index contributed by atoms with van der Waals surface area (Å²) < 4.78 is 0. The maximum absolute atomic E-state index is 10.1. The van der Waals surface area contributed by atoms with Crippen LogP contribution in [0.25, 0.3) is 10.8 Å². The molecule has 2 aromatic carbocycles. The van der Waals surface area contributed by atoms with Gasteiger partial charge in [0.25, 0.3) is 0 Å². The summed E-state index contributed by atoms with van der Waals surface area (Å²) in [6.45, 7) is 1.87. The first-order chi connectivity index (χ1) is 9.55. The molecule has 0 amide bonds. The molecule has 1 aliphatic rings. The molecule has 1 saturated carbocycles. The van der Waals surface area contributed by atoms with Crippen molar-refractivity contribution in [2.45, 2.75) is 43.6 Å². The second-order valence-corrected chi connectivity index (χ2v) is 6.25. The number of aliphatic hydroxyl groups is 1. The predicted octanol–water partition coefficient (Wildman–Crippen LogP) is 3.93. The maximum Gasteiger partial charge on any atom is 0.0824 e. The van der Waals surface area contributed by atoms with E-state index in [2.05, 4.69) is 36.4 Å². The van der Waals surface area contributed by atoms with Crippen LogP contribution in [0.4, 0.5) is 0 Å². The second-order valence-electron chi connectivity index (χ2n) is 6.25. The summed E-state index contributed by atoms with van der Waals surface area (Å²) in [5.74, 6) is 0. The van der Waals surface area contributed by atoms with Crippen molar-refractivity contribution in [1.29, 1.82) is 5.26 Å². The molecule has 0 heterocycles. The molecule has 2 aromatic rings. The van der Waals surface area contributed by atoms with Crippen molar-refractivity contribution in [2.24, 2.45) is 0 Å². The summed E-state index contributed by atoms with van der Waals surface area (Å²) in [5.41, 5.74) is 0.0397. The van der Waals surface area contributed by atoms with Crippen molar-refractivity contribution in [3.8, 4) is 6.07 Å². The number of hydrogen-bond donors (Lipinski definition) is 1. The molecular weight excluding hydrogens is 246 g/mol. The summed E-state index contributed by atoms with van der Waals surface area (Å²) in [5, 5.41) is 22.2. The van der Waals surface area contributed by atoms with Gasteiger partial charge in [-0.05, 0) is 55.0 Å². The van der Waals surface area contributed by atoms with Crippen LogP contribution >= 0.6 is 0 Å². The maximum atomic E-state index is 10.1. The molecule has 1 fully saturated rings. The molecule has 0 atom stereocenters. The molecule has 1 N–H and O–H groups in total. The van der Waals surface area contributed by atoms with E-state index in [1.54, 1.807) is 0 Å². The average Bonchev–Trinajstić information content (AvgIpc) is 2.47. The number of benzene rings is 2. The van der Waals surface area contributed by atoms with Crippen molar-refractivity contribution in [3.05, 3.63) is 48.0 Å². The molecular formula is C18H19NO. The van der Waals surface area contributed by atoms with E-state index >= 15 is 0 Å². The molecule has 2 heteroatoms. The van der Waals surface area contributed by atoms with Gasteiger partial charge in [0.2, 0.25) is 0 Å². The molecule has 3 rings (SSSR count). The normalized spacial score (nSPS) is 30.1. The van der Waals surface area contributed by atoms with E-state index in [1.165, 1.54) is 10.8 Å². The van der Waals surface area contributed by atoms with E-state index in [-0.39, 0.29) is 0 Å². The van der Waals surface area contributed by atoms with Gasteiger partial charge < -0.3 is 5.11 Å². The van der Waals surface area contributed by atoms with Gasteiger partial charge in [-0.3, -0.25) is 0 Å². The summed E-state index contributed by atoms with van der Waals surface area (Å²) in [4.78, 5) is 0. The third-order valence-electron chi connectivity index (χ3n) is 4.70. The molecule has 0 unspecified atom stereocenters. The van der Waals surface area contributed by atoms with Crippen LogP contribution in [0.2, 0.25) is 0 Å². The highest BCUT2D eigenvalue weighted by atomic mass is 16.3. The fourth-order valence-electron chi connectivity index (χ4n) is 3.17. The van der Waals surface area contributed by atoms with Crippen LogP contribution in [0.3, 0.4) is 0 Å². The van der Waals surface area contributed by atoms with E-state index in [4.69, 9.17) is 0 Å². The van der Waals surface area contributed by atoms with Gasteiger partial charge in [0.15, 0.2) is 0 Å². The van der Waals surface area contributed by atoms with Gasteiger partial charge in [0, 0.05) is 0 Å². The van der Waals surface area contributed by atoms with E-state index in [0.717, 1.165) is 18.4 Å². The molecule has 20 heavy (non-hydrogen) atoms. The Morgan fingerprint density at radius 2 is 1.65 bits per heavy atom. The first kappa shape index (κ1) is 13.1. The van der Waals surface area contributed by atoms with Gasteiger partial charge in [0.1, 0.15) is 0 Å². The third kappa shape index (κ3) is 2.19. The van der Waals surface area contributed by atoms with Gasteiger partial charge >= 0.3 is 0 Å². The molecule has 2 nitrogen and oxygen atoms in total. The van der Waals surface area contributed by atoms with Gasteiger partial charge in [-0.25, -0.2) is 0 Å². The average molecular weight is 265 g/mol. The third-order valence-corrected chi connectivity index (χ3v) is 4.70. The Hall–Kier alpha value is -1.85. The lowest BCUT2D eigenvalue weighted by molar-refractivity contribution is 0.00856.